The maximum absolute atomic E-state index is 12.2. The minimum atomic E-state index is -0.263. The quantitative estimate of drug-likeness (QED) is 0.925. The van der Waals surface area contributed by atoms with Crippen molar-refractivity contribution in [1.29, 1.82) is 0 Å². The first-order chi connectivity index (χ1) is 9.53. The fourth-order valence-electron chi connectivity index (χ4n) is 2.89. The van der Waals surface area contributed by atoms with Crippen LogP contribution in [0.1, 0.15) is 32.3 Å². The van der Waals surface area contributed by atoms with Crippen LogP contribution in [0.25, 0.3) is 0 Å². The van der Waals surface area contributed by atoms with Crippen LogP contribution in [-0.2, 0) is 11.3 Å². The predicted octanol–water partition coefficient (Wildman–Crippen LogP) is 3.08. The van der Waals surface area contributed by atoms with E-state index in [1.165, 1.54) is 5.56 Å². The third-order valence-corrected chi connectivity index (χ3v) is 4.23. The lowest BCUT2D eigenvalue weighted by Gasteiger charge is -2.39. The topological polar surface area (TPSA) is 32.3 Å². The molecule has 1 aliphatic rings. The fourth-order valence-corrected chi connectivity index (χ4v) is 3.01. The maximum Gasteiger partial charge on any atom is 0.227 e. The van der Waals surface area contributed by atoms with Crippen LogP contribution >= 0.6 is 11.6 Å². The van der Waals surface area contributed by atoms with Gasteiger partial charge in [-0.25, -0.2) is 0 Å². The van der Waals surface area contributed by atoms with Crippen molar-refractivity contribution in [1.82, 2.24) is 10.2 Å². The molecule has 110 valence electrons. The van der Waals surface area contributed by atoms with Crippen molar-refractivity contribution in [2.75, 3.05) is 19.6 Å². The van der Waals surface area contributed by atoms with Gasteiger partial charge in [0.2, 0.25) is 5.91 Å². The molecule has 0 radical (unpaired) electrons. The first-order valence-electron chi connectivity index (χ1n) is 7.28. The summed E-state index contributed by atoms with van der Waals surface area (Å²) in [7, 11) is 0. The number of benzene rings is 1. The highest BCUT2D eigenvalue weighted by Gasteiger charge is 2.37. The number of carbonyl (C=O) groups excluding carboxylic acids is 1. The van der Waals surface area contributed by atoms with Crippen molar-refractivity contribution in [2.45, 2.75) is 33.2 Å². The monoisotopic (exact) mass is 294 g/mol. The van der Waals surface area contributed by atoms with E-state index in [0.29, 0.717) is 6.54 Å². The van der Waals surface area contributed by atoms with Gasteiger partial charge in [0.05, 0.1) is 5.41 Å². The average Bonchev–Trinajstić information content (AvgIpc) is 2.42. The highest BCUT2D eigenvalue weighted by Crippen LogP contribution is 2.30. The Balaban J connectivity index is 1.99. The molecule has 1 saturated heterocycles. The summed E-state index contributed by atoms with van der Waals surface area (Å²) in [4.78, 5) is 14.6. The van der Waals surface area contributed by atoms with Gasteiger partial charge in [-0.15, -0.1) is 0 Å². The van der Waals surface area contributed by atoms with Gasteiger partial charge < -0.3 is 5.32 Å². The van der Waals surface area contributed by atoms with Crippen LogP contribution in [0.15, 0.2) is 24.3 Å². The first-order valence-corrected chi connectivity index (χ1v) is 7.66. The summed E-state index contributed by atoms with van der Waals surface area (Å²) < 4.78 is 0. The molecule has 0 spiro atoms. The van der Waals surface area contributed by atoms with Gasteiger partial charge in [0.25, 0.3) is 0 Å². The summed E-state index contributed by atoms with van der Waals surface area (Å²) >= 11 is 5.91. The number of halogens is 1. The summed E-state index contributed by atoms with van der Waals surface area (Å²) in [5.74, 6) is 0.181. The molecule has 1 N–H and O–H groups in total. The van der Waals surface area contributed by atoms with Crippen LogP contribution in [-0.4, -0.2) is 30.4 Å². The van der Waals surface area contributed by atoms with Crippen molar-refractivity contribution < 1.29 is 4.79 Å². The highest BCUT2D eigenvalue weighted by atomic mass is 35.5. The van der Waals surface area contributed by atoms with Crippen molar-refractivity contribution in [3.63, 3.8) is 0 Å². The van der Waals surface area contributed by atoms with Gasteiger partial charge in [-0.1, -0.05) is 23.7 Å². The molecule has 1 fully saturated rings. The van der Waals surface area contributed by atoms with E-state index >= 15 is 0 Å². The Morgan fingerprint density at radius 3 is 2.75 bits per heavy atom. The van der Waals surface area contributed by atoms with E-state index in [2.05, 4.69) is 29.3 Å². The second-order valence-electron chi connectivity index (χ2n) is 5.86. The molecule has 1 aliphatic heterocycles. The normalized spacial score (nSPS) is 23.6. The van der Waals surface area contributed by atoms with Crippen LogP contribution in [0, 0.1) is 5.41 Å². The molecular formula is C16H23ClN2O. The van der Waals surface area contributed by atoms with E-state index in [1.807, 2.05) is 19.1 Å². The minimum absolute atomic E-state index is 0.181. The smallest absolute Gasteiger partial charge is 0.227 e. The number of carbonyl (C=O) groups is 1. The van der Waals surface area contributed by atoms with E-state index in [4.69, 9.17) is 11.6 Å². The van der Waals surface area contributed by atoms with E-state index < -0.39 is 0 Å². The maximum atomic E-state index is 12.2. The highest BCUT2D eigenvalue weighted by molar-refractivity contribution is 6.30. The molecule has 0 bridgehead atoms. The van der Waals surface area contributed by atoms with Crippen molar-refractivity contribution in [3.05, 3.63) is 34.9 Å². The van der Waals surface area contributed by atoms with E-state index in [9.17, 15) is 4.79 Å². The Morgan fingerprint density at radius 2 is 2.10 bits per heavy atom. The van der Waals surface area contributed by atoms with Crippen molar-refractivity contribution in [2.24, 2.45) is 5.41 Å². The van der Waals surface area contributed by atoms with Crippen molar-refractivity contribution in [3.8, 4) is 0 Å². The van der Waals surface area contributed by atoms with Gasteiger partial charge in [0, 0.05) is 24.7 Å². The summed E-state index contributed by atoms with van der Waals surface area (Å²) in [6, 6.07) is 7.95. The molecule has 1 amide bonds. The second kappa shape index (κ2) is 6.59. The summed E-state index contributed by atoms with van der Waals surface area (Å²) in [5, 5.41) is 3.73. The summed E-state index contributed by atoms with van der Waals surface area (Å²) in [6.45, 7) is 7.50. The Morgan fingerprint density at radius 1 is 1.40 bits per heavy atom. The minimum Gasteiger partial charge on any atom is -0.356 e. The molecule has 20 heavy (non-hydrogen) atoms. The standard InChI is InChI=1S/C16H23ClN2O/c1-3-18-15(20)16(2)9-4-10-19(12-16)11-13-5-7-14(17)8-6-13/h5-8H,3-4,9-12H2,1-2H3,(H,18,20). The molecule has 2 rings (SSSR count). The molecule has 4 heteroatoms. The number of hydrogen-bond donors (Lipinski definition) is 1. The number of piperidine rings is 1. The SMILES string of the molecule is CCNC(=O)C1(C)CCCN(Cc2ccc(Cl)cc2)C1. The van der Waals surface area contributed by atoms with Crippen LogP contribution < -0.4 is 5.32 Å². The molecular weight excluding hydrogens is 272 g/mol. The summed E-state index contributed by atoms with van der Waals surface area (Å²) in [5.41, 5.74) is 0.982. The Kier molecular flexibility index (Phi) is 5.06. The molecule has 1 aromatic carbocycles. The zero-order chi connectivity index (χ0) is 14.6. The van der Waals surface area contributed by atoms with Gasteiger partial charge in [0.15, 0.2) is 0 Å². The Bertz CT molecular complexity index is 460. The molecule has 3 nitrogen and oxygen atoms in total. The lowest BCUT2D eigenvalue weighted by Crippen LogP contribution is -2.50. The lowest BCUT2D eigenvalue weighted by molar-refractivity contribution is -0.133. The number of nitrogens with zero attached hydrogens (tertiary/aromatic N) is 1. The third-order valence-electron chi connectivity index (χ3n) is 3.98. The van der Waals surface area contributed by atoms with Crippen LogP contribution in [0.3, 0.4) is 0 Å². The number of hydrogen-bond acceptors (Lipinski definition) is 2. The molecule has 1 atom stereocenters. The molecule has 0 saturated carbocycles. The fraction of sp³-hybridized carbons (Fsp3) is 0.562. The molecule has 1 aromatic rings. The zero-order valence-corrected chi connectivity index (χ0v) is 13.0. The third kappa shape index (κ3) is 3.74. The molecule has 0 aliphatic carbocycles. The average molecular weight is 295 g/mol. The van der Waals surface area contributed by atoms with Gasteiger partial charge in [0.1, 0.15) is 0 Å². The Hall–Kier alpha value is -1.06. The van der Waals surface area contributed by atoms with Gasteiger partial charge in [-0.3, -0.25) is 9.69 Å². The van der Waals surface area contributed by atoms with Gasteiger partial charge >= 0.3 is 0 Å². The van der Waals surface area contributed by atoms with Crippen molar-refractivity contribution >= 4 is 17.5 Å². The van der Waals surface area contributed by atoms with E-state index in [0.717, 1.165) is 37.5 Å². The zero-order valence-electron chi connectivity index (χ0n) is 12.3. The predicted molar refractivity (Wildman–Crippen MR) is 82.8 cm³/mol. The second-order valence-corrected chi connectivity index (χ2v) is 6.30. The number of rotatable bonds is 4. The van der Waals surface area contributed by atoms with Crippen LogP contribution in [0.4, 0.5) is 0 Å². The van der Waals surface area contributed by atoms with Gasteiger partial charge in [-0.2, -0.15) is 0 Å². The largest absolute Gasteiger partial charge is 0.356 e. The van der Waals surface area contributed by atoms with Crippen LogP contribution in [0.2, 0.25) is 5.02 Å². The molecule has 1 heterocycles. The first kappa shape index (κ1) is 15.3. The number of nitrogens with one attached hydrogen (secondary N) is 1. The number of amides is 1. The van der Waals surface area contributed by atoms with E-state index in [1.54, 1.807) is 0 Å². The summed E-state index contributed by atoms with van der Waals surface area (Å²) in [6.07, 6.45) is 2.04. The lowest BCUT2D eigenvalue weighted by atomic mass is 9.81. The molecule has 1 unspecified atom stereocenters. The van der Waals surface area contributed by atoms with E-state index in [-0.39, 0.29) is 11.3 Å². The number of likely N-dealkylation sites (tertiary alicyclic amines) is 1. The van der Waals surface area contributed by atoms with Gasteiger partial charge in [-0.05, 0) is 50.9 Å². The molecule has 0 aromatic heterocycles. The Labute approximate surface area is 126 Å². The van der Waals surface area contributed by atoms with Crippen LogP contribution in [0.5, 0.6) is 0 Å².